The Bertz CT molecular complexity index is 524. The second kappa shape index (κ2) is 8.22. The van der Waals surface area contributed by atoms with Gasteiger partial charge in [0.25, 0.3) is 0 Å². The molecule has 0 bridgehead atoms. The Morgan fingerprint density at radius 1 is 0.783 bits per heavy atom. The van der Waals surface area contributed by atoms with Crippen LogP contribution in [0.5, 0.6) is 0 Å². The Morgan fingerprint density at radius 3 is 1.65 bits per heavy atom. The van der Waals surface area contributed by atoms with Gasteiger partial charge in [-0.3, -0.25) is 0 Å². The molecule has 4 N–H and O–H groups in total. The zero-order valence-corrected chi connectivity index (χ0v) is 13.3. The summed E-state index contributed by atoms with van der Waals surface area (Å²) in [5.41, 5.74) is 8.97. The summed E-state index contributed by atoms with van der Waals surface area (Å²) in [7, 11) is 0. The number of hydrogen-bond donors (Lipinski definition) is 3. The van der Waals surface area contributed by atoms with E-state index in [-0.39, 0.29) is 18.1 Å². The lowest BCUT2D eigenvalue weighted by Gasteiger charge is -2.37. The Kier molecular flexibility index (Phi) is 5.77. The number of ether oxygens (including phenoxy) is 1. The molecular formula is C19H25N3O. The highest BCUT2D eigenvalue weighted by Gasteiger charge is 2.30. The third kappa shape index (κ3) is 4.62. The zero-order chi connectivity index (χ0) is 15.9. The van der Waals surface area contributed by atoms with Crippen molar-refractivity contribution in [3.63, 3.8) is 0 Å². The molecule has 1 aliphatic heterocycles. The smallest absolute Gasteiger partial charge is 0.0636 e. The first-order valence-electron chi connectivity index (χ1n) is 8.21. The summed E-state index contributed by atoms with van der Waals surface area (Å²) in [4.78, 5) is 0. The summed E-state index contributed by atoms with van der Waals surface area (Å²) in [6.07, 6.45) is 0. The van der Waals surface area contributed by atoms with Crippen molar-refractivity contribution in [1.29, 1.82) is 0 Å². The largest absolute Gasteiger partial charge is 0.378 e. The molecule has 4 heteroatoms. The molecule has 2 aromatic rings. The maximum absolute atomic E-state index is 6.45. The fourth-order valence-electron chi connectivity index (χ4n) is 2.90. The Balaban J connectivity index is 1.50. The van der Waals surface area contributed by atoms with Gasteiger partial charge < -0.3 is 21.1 Å². The third-order valence-corrected chi connectivity index (χ3v) is 4.35. The number of nitrogens with one attached hydrogen (secondary N) is 2. The van der Waals surface area contributed by atoms with Crippen LogP contribution >= 0.6 is 0 Å². The van der Waals surface area contributed by atoms with E-state index < -0.39 is 0 Å². The minimum atomic E-state index is 0.0381. The monoisotopic (exact) mass is 311 g/mol. The minimum Gasteiger partial charge on any atom is -0.378 e. The zero-order valence-electron chi connectivity index (χ0n) is 13.3. The van der Waals surface area contributed by atoms with E-state index in [0.717, 1.165) is 13.1 Å². The van der Waals surface area contributed by atoms with E-state index in [1.165, 1.54) is 11.1 Å². The Labute approximate surface area is 138 Å². The molecule has 1 fully saturated rings. The molecule has 3 rings (SSSR count). The number of hydrogen-bond acceptors (Lipinski definition) is 4. The molecule has 0 amide bonds. The van der Waals surface area contributed by atoms with Crippen LogP contribution in [0.15, 0.2) is 60.7 Å². The van der Waals surface area contributed by atoms with Crippen LogP contribution in [0.2, 0.25) is 0 Å². The summed E-state index contributed by atoms with van der Waals surface area (Å²) in [5, 5.41) is 7.05. The van der Waals surface area contributed by atoms with Crippen LogP contribution in [-0.4, -0.2) is 31.3 Å². The first-order valence-corrected chi connectivity index (χ1v) is 8.21. The standard InChI is InChI=1S/C19H25N3O/c20-19-17(21-11-15-7-3-1-4-8-15)13-23-14-18(19)22-12-16-9-5-2-6-10-16/h1-10,17-19,21-22H,11-14,20H2/t17-,18?,19+/m0/s1. The van der Waals surface area contributed by atoms with Crippen LogP contribution in [0, 0.1) is 0 Å². The summed E-state index contributed by atoms with van der Waals surface area (Å²) < 4.78 is 5.74. The number of benzene rings is 2. The second-order valence-electron chi connectivity index (χ2n) is 6.06. The van der Waals surface area contributed by atoms with Crippen LogP contribution in [0.1, 0.15) is 11.1 Å². The molecular weight excluding hydrogens is 286 g/mol. The Hall–Kier alpha value is -1.72. The highest BCUT2D eigenvalue weighted by atomic mass is 16.5. The molecule has 0 saturated carbocycles. The van der Waals surface area contributed by atoms with Crippen molar-refractivity contribution in [3.8, 4) is 0 Å². The fourth-order valence-corrected chi connectivity index (χ4v) is 2.90. The first kappa shape index (κ1) is 16.1. The van der Waals surface area contributed by atoms with Crippen LogP contribution in [0.4, 0.5) is 0 Å². The van der Waals surface area contributed by atoms with E-state index in [0.29, 0.717) is 13.2 Å². The van der Waals surface area contributed by atoms with Crippen LogP contribution in [0.3, 0.4) is 0 Å². The maximum Gasteiger partial charge on any atom is 0.0636 e. The first-order chi connectivity index (χ1) is 11.3. The summed E-state index contributed by atoms with van der Waals surface area (Å²) in [5.74, 6) is 0. The van der Waals surface area contributed by atoms with Crippen molar-refractivity contribution < 1.29 is 4.74 Å². The average molecular weight is 311 g/mol. The van der Waals surface area contributed by atoms with Gasteiger partial charge in [0.15, 0.2) is 0 Å². The van der Waals surface area contributed by atoms with Gasteiger partial charge in [0.2, 0.25) is 0 Å². The van der Waals surface area contributed by atoms with Crippen LogP contribution in [0.25, 0.3) is 0 Å². The topological polar surface area (TPSA) is 59.3 Å². The van der Waals surface area contributed by atoms with Crippen molar-refractivity contribution >= 4 is 0 Å². The summed E-state index contributed by atoms with van der Waals surface area (Å²) >= 11 is 0. The van der Waals surface area contributed by atoms with Gasteiger partial charge in [0.1, 0.15) is 0 Å². The molecule has 0 aromatic heterocycles. The molecule has 122 valence electrons. The Morgan fingerprint density at radius 2 is 1.22 bits per heavy atom. The van der Waals surface area contributed by atoms with Crippen molar-refractivity contribution in [1.82, 2.24) is 10.6 Å². The van der Waals surface area contributed by atoms with Gasteiger partial charge in [-0.25, -0.2) is 0 Å². The van der Waals surface area contributed by atoms with E-state index in [1.807, 2.05) is 12.1 Å². The van der Waals surface area contributed by atoms with Crippen LogP contribution in [-0.2, 0) is 17.8 Å². The number of rotatable bonds is 6. The summed E-state index contributed by atoms with van der Waals surface area (Å²) in [6.45, 7) is 2.96. The molecule has 1 aliphatic rings. The van der Waals surface area contributed by atoms with Gasteiger partial charge in [-0.05, 0) is 11.1 Å². The lowest BCUT2D eigenvalue weighted by Crippen LogP contribution is -2.62. The molecule has 4 nitrogen and oxygen atoms in total. The molecule has 1 saturated heterocycles. The van der Waals surface area contributed by atoms with E-state index in [2.05, 4.69) is 59.2 Å². The van der Waals surface area contributed by atoms with Gasteiger partial charge in [-0.2, -0.15) is 0 Å². The second-order valence-corrected chi connectivity index (χ2v) is 6.06. The average Bonchev–Trinajstić information content (AvgIpc) is 2.61. The predicted octanol–water partition coefficient (Wildman–Crippen LogP) is 1.66. The molecule has 0 spiro atoms. The molecule has 1 heterocycles. The van der Waals surface area contributed by atoms with E-state index in [4.69, 9.17) is 10.5 Å². The molecule has 0 radical (unpaired) electrons. The third-order valence-electron chi connectivity index (χ3n) is 4.35. The highest BCUT2D eigenvalue weighted by Crippen LogP contribution is 2.10. The van der Waals surface area contributed by atoms with Gasteiger partial charge in [0, 0.05) is 31.2 Å². The van der Waals surface area contributed by atoms with Crippen molar-refractivity contribution in [2.24, 2.45) is 5.73 Å². The molecule has 23 heavy (non-hydrogen) atoms. The number of nitrogens with two attached hydrogens (primary N) is 1. The molecule has 0 aliphatic carbocycles. The van der Waals surface area contributed by atoms with E-state index >= 15 is 0 Å². The molecule has 1 unspecified atom stereocenters. The maximum atomic E-state index is 6.45. The van der Waals surface area contributed by atoms with Crippen LogP contribution < -0.4 is 16.4 Å². The SMILES string of the molecule is N[C@H]1C(NCc2ccccc2)COC[C@@H]1NCc1ccccc1. The quantitative estimate of drug-likeness (QED) is 0.759. The summed E-state index contributed by atoms with van der Waals surface area (Å²) in [6, 6.07) is 21.1. The van der Waals surface area contributed by atoms with Crippen molar-refractivity contribution in [2.75, 3.05) is 13.2 Å². The van der Waals surface area contributed by atoms with E-state index in [1.54, 1.807) is 0 Å². The van der Waals surface area contributed by atoms with Crippen molar-refractivity contribution in [2.45, 2.75) is 31.2 Å². The minimum absolute atomic E-state index is 0.0381. The molecule has 3 atom stereocenters. The van der Waals surface area contributed by atoms with E-state index in [9.17, 15) is 0 Å². The lowest BCUT2D eigenvalue weighted by molar-refractivity contribution is 0.0321. The van der Waals surface area contributed by atoms with Gasteiger partial charge in [0.05, 0.1) is 13.2 Å². The predicted molar refractivity (Wildman–Crippen MR) is 92.9 cm³/mol. The highest BCUT2D eigenvalue weighted by molar-refractivity contribution is 5.15. The molecule has 2 aromatic carbocycles. The lowest BCUT2D eigenvalue weighted by atomic mass is 9.98. The fraction of sp³-hybridized carbons (Fsp3) is 0.368. The van der Waals surface area contributed by atoms with Gasteiger partial charge >= 0.3 is 0 Å². The van der Waals surface area contributed by atoms with Gasteiger partial charge in [-0.15, -0.1) is 0 Å². The van der Waals surface area contributed by atoms with Gasteiger partial charge in [-0.1, -0.05) is 60.7 Å². The normalized spacial score (nSPS) is 24.5. The van der Waals surface area contributed by atoms with Crippen molar-refractivity contribution in [3.05, 3.63) is 71.8 Å².